The van der Waals surface area contributed by atoms with Gasteiger partial charge in [-0.1, -0.05) is 18.2 Å². The molecular formula is C23H23NO5. The maximum absolute atomic E-state index is 11.6. The van der Waals surface area contributed by atoms with Crippen LogP contribution in [-0.2, 0) is 16.0 Å². The number of esters is 1. The summed E-state index contributed by atoms with van der Waals surface area (Å²) in [5, 5.41) is 0. The van der Waals surface area contributed by atoms with Crippen molar-refractivity contribution >= 4 is 5.97 Å². The Kier molecular flexibility index (Phi) is 6.68. The van der Waals surface area contributed by atoms with Gasteiger partial charge in [-0.2, -0.15) is 0 Å². The van der Waals surface area contributed by atoms with Crippen LogP contribution >= 0.6 is 0 Å². The van der Waals surface area contributed by atoms with Crippen molar-refractivity contribution < 1.29 is 23.7 Å². The van der Waals surface area contributed by atoms with Gasteiger partial charge in [-0.15, -0.1) is 0 Å². The highest BCUT2D eigenvalue weighted by molar-refractivity contribution is 5.73. The van der Waals surface area contributed by atoms with Crippen LogP contribution in [0.4, 0.5) is 0 Å². The lowest BCUT2D eigenvalue weighted by molar-refractivity contribution is -0.139. The van der Waals surface area contributed by atoms with Crippen molar-refractivity contribution in [3.05, 3.63) is 66.4 Å². The monoisotopic (exact) mass is 393 g/mol. The number of ether oxygens (including phenoxy) is 4. The van der Waals surface area contributed by atoms with Crippen molar-refractivity contribution in [1.82, 2.24) is 4.98 Å². The lowest BCUT2D eigenvalue weighted by atomic mass is 10.1. The van der Waals surface area contributed by atoms with Crippen LogP contribution in [-0.4, -0.2) is 31.8 Å². The average Bonchev–Trinajstić information content (AvgIpc) is 2.76. The van der Waals surface area contributed by atoms with Crippen LogP contribution in [0.1, 0.15) is 12.5 Å². The van der Waals surface area contributed by atoms with Crippen molar-refractivity contribution in [2.45, 2.75) is 13.3 Å². The van der Waals surface area contributed by atoms with Gasteiger partial charge in [0.25, 0.3) is 0 Å². The van der Waals surface area contributed by atoms with Gasteiger partial charge in [0.2, 0.25) is 5.88 Å². The second-order valence-electron chi connectivity index (χ2n) is 6.17. The Balaban J connectivity index is 1.81. The van der Waals surface area contributed by atoms with Gasteiger partial charge in [-0.05, 0) is 36.8 Å². The zero-order chi connectivity index (χ0) is 20.6. The number of hydrogen-bond acceptors (Lipinski definition) is 6. The number of carbonyl (C=O) groups is 1. The summed E-state index contributed by atoms with van der Waals surface area (Å²) in [6, 6.07) is 16.9. The van der Waals surface area contributed by atoms with E-state index in [9.17, 15) is 4.79 Å². The number of pyridine rings is 1. The summed E-state index contributed by atoms with van der Waals surface area (Å²) < 4.78 is 21.5. The Bertz CT molecular complexity index is 969. The van der Waals surface area contributed by atoms with Gasteiger partial charge in [-0.25, -0.2) is 4.98 Å². The standard InChI is InChI=1S/C23H23NO5/c1-4-28-21-14-20(10-8-17(21)13-23(25)27-3)29-19-7-5-6-16(12-19)18-9-11-22(26-2)24-15-18/h5-12,14-15H,4,13H2,1-3H3. The van der Waals surface area contributed by atoms with Gasteiger partial charge in [0.05, 0.1) is 27.2 Å². The van der Waals surface area contributed by atoms with E-state index in [1.807, 2.05) is 55.5 Å². The zero-order valence-electron chi connectivity index (χ0n) is 16.7. The average molecular weight is 393 g/mol. The van der Waals surface area contributed by atoms with Gasteiger partial charge in [0, 0.05) is 29.5 Å². The van der Waals surface area contributed by atoms with Gasteiger partial charge in [-0.3, -0.25) is 4.79 Å². The molecule has 1 aromatic heterocycles. The summed E-state index contributed by atoms with van der Waals surface area (Å²) in [5.74, 6) is 2.15. The Labute approximate surface area is 170 Å². The third-order valence-electron chi connectivity index (χ3n) is 4.25. The molecule has 0 amide bonds. The van der Waals surface area contributed by atoms with Gasteiger partial charge in [0.1, 0.15) is 17.2 Å². The number of aromatic nitrogens is 1. The van der Waals surface area contributed by atoms with Crippen LogP contribution in [0, 0.1) is 0 Å². The molecule has 0 aliphatic rings. The molecule has 0 bridgehead atoms. The van der Waals surface area contributed by atoms with Crippen LogP contribution in [0.3, 0.4) is 0 Å². The Morgan fingerprint density at radius 3 is 2.48 bits per heavy atom. The number of carbonyl (C=O) groups excluding carboxylic acids is 1. The molecule has 6 heteroatoms. The molecule has 0 N–H and O–H groups in total. The van der Waals surface area contributed by atoms with Crippen molar-refractivity contribution in [1.29, 1.82) is 0 Å². The predicted molar refractivity (Wildman–Crippen MR) is 110 cm³/mol. The van der Waals surface area contributed by atoms with E-state index in [1.54, 1.807) is 19.4 Å². The summed E-state index contributed by atoms with van der Waals surface area (Å²) in [5.41, 5.74) is 2.69. The summed E-state index contributed by atoms with van der Waals surface area (Å²) >= 11 is 0. The van der Waals surface area contributed by atoms with Crippen molar-refractivity contribution in [3.63, 3.8) is 0 Å². The first-order chi connectivity index (χ1) is 14.1. The van der Waals surface area contributed by atoms with E-state index in [0.717, 1.165) is 16.7 Å². The van der Waals surface area contributed by atoms with E-state index in [-0.39, 0.29) is 12.4 Å². The molecule has 0 aliphatic heterocycles. The molecular weight excluding hydrogens is 370 g/mol. The van der Waals surface area contributed by atoms with Crippen molar-refractivity contribution in [2.75, 3.05) is 20.8 Å². The Morgan fingerprint density at radius 1 is 0.966 bits per heavy atom. The molecule has 6 nitrogen and oxygen atoms in total. The molecule has 0 fully saturated rings. The third kappa shape index (κ3) is 5.25. The third-order valence-corrected chi connectivity index (χ3v) is 4.25. The minimum atomic E-state index is -0.319. The maximum Gasteiger partial charge on any atom is 0.310 e. The highest BCUT2D eigenvalue weighted by atomic mass is 16.5. The summed E-state index contributed by atoms with van der Waals surface area (Å²) in [7, 11) is 2.95. The minimum absolute atomic E-state index is 0.145. The van der Waals surface area contributed by atoms with Crippen LogP contribution in [0.25, 0.3) is 11.1 Å². The molecule has 1 heterocycles. The molecule has 150 valence electrons. The summed E-state index contributed by atoms with van der Waals surface area (Å²) in [4.78, 5) is 15.8. The number of nitrogens with zero attached hydrogens (tertiary/aromatic N) is 1. The second-order valence-corrected chi connectivity index (χ2v) is 6.17. The molecule has 0 spiro atoms. The van der Waals surface area contributed by atoms with Gasteiger partial charge < -0.3 is 18.9 Å². The first-order valence-corrected chi connectivity index (χ1v) is 9.23. The first kappa shape index (κ1) is 20.2. The SMILES string of the molecule is CCOc1cc(Oc2cccc(-c3ccc(OC)nc3)c2)ccc1CC(=O)OC. The van der Waals surface area contributed by atoms with E-state index in [2.05, 4.69) is 4.98 Å². The fraction of sp³-hybridized carbons (Fsp3) is 0.217. The number of rotatable bonds is 8. The van der Waals surface area contributed by atoms with Crippen molar-refractivity contribution in [2.24, 2.45) is 0 Å². The molecule has 0 aliphatic carbocycles. The highest BCUT2D eigenvalue weighted by Crippen LogP contribution is 2.31. The summed E-state index contributed by atoms with van der Waals surface area (Å²) in [6.07, 6.45) is 1.90. The van der Waals surface area contributed by atoms with Crippen LogP contribution in [0.2, 0.25) is 0 Å². The van der Waals surface area contributed by atoms with Crippen molar-refractivity contribution in [3.8, 4) is 34.3 Å². The van der Waals surface area contributed by atoms with Crippen LogP contribution in [0.5, 0.6) is 23.1 Å². The maximum atomic E-state index is 11.6. The van der Waals surface area contributed by atoms with Gasteiger partial charge in [0.15, 0.2) is 0 Å². The van der Waals surface area contributed by atoms with Crippen LogP contribution in [0.15, 0.2) is 60.8 Å². The van der Waals surface area contributed by atoms with E-state index in [1.165, 1.54) is 7.11 Å². The minimum Gasteiger partial charge on any atom is -0.493 e. The Hall–Kier alpha value is -3.54. The molecule has 0 saturated heterocycles. The molecule has 3 rings (SSSR count). The van der Waals surface area contributed by atoms with E-state index < -0.39 is 0 Å². The lowest BCUT2D eigenvalue weighted by Crippen LogP contribution is -2.06. The van der Waals surface area contributed by atoms with Gasteiger partial charge >= 0.3 is 5.97 Å². The molecule has 3 aromatic rings. The zero-order valence-corrected chi connectivity index (χ0v) is 16.7. The predicted octanol–water partition coefficient (Wildman–Crippen LogP) is 4.66. The summed E-state index contributed by atoms with van der Waals surface area (Å²) in [6.45, 7) is 2.37. The molecule has 0 atom stereocenters. The number of methoxy groups -OCH3 is 2. The molecule has 0 saturated carbocycles. The fourth-order valence-corrected chi connectivity index (χ4v) is 2.81. The highest BCUT2D eigenvalue weighted by Gasteiger charge is 2.11. The quantitative estimate of drug-likeness (QED) is 0.519. The van der Waals surface area contributed by atoms with E-state index in [4.69, 9.17) is 18.9 Å². The fourth-order valence-electron chi connectivity index (χ4n) is 2.81. The smallest absolute Gasteiger partial charge is 0.310 e. The van der Waals surface area contributed by atoms with E-state index >= 15 is 0 Å². The molecule has 0 unspecified atom stereocenters. The lowest BCUT2D eigenvalue weighted by Gasteiger charge is -2.13. The normalized spacial score (nSPS) is 10.3. The Morgan fingerprint density at radius 2 is 1.79 bits per heavy atom. The first-order valence-electron chi connectivity index (χ1n) is 9.23. The van der Waals surface area contributed by atoms with Crippen LogP contribution < -0.4 is 14.2 Å². The van der Waals surface area contributed by atoms with E-state index in [0.29, 0.717) is 29.7 Å². The largest absolute Gasteiger partial charge is 0.493 e. The molecule has 29 heavy (non-hydrogen) atoms. The molecule has 2 aromatic carbocycles. The molecule has 0 radical (unpaired) electrons. The second kappa shape index (κ2) is 9.59. The number of benzene rings is 2. The topological polar surface area (TPSA) is 66.9 Å². The number of hydrogen-bond donors (Lipinski definition) is 0.